The molecule has 2 aliphatic rings. The summed E-state index contributed by atoms with van der Waals surface area (Å²) in [5, 5.41) is 0.640. The second-order valence-corrected chi connectivity index (χ2v) is 7.12. The topological polar surface area (TPSA) is 21.7 Å². The lowest BCUT2D eigenvalue weighted by Gasteiger charge is -2.39. The molecule has 1 heterocycles. The average molecular weight is 310 g/mol. The molecule has 1 aromatic carbocycles. The standard InChI is InChI=1S/C17H24ClNO2/c1-11-5-10-14(18)16-15(11)20-17(2,21-16)12-6-8-13(9-7-12)19(3)4/h5,10,12-13H,6-9H2,1-4H3. The molecule has 3 rings (SSSR count). The van der Waals surface area contributed by atoms with E-state index in [9.17, 15) is 0 Å². The number of benzene rings is 1. The molecular formula is C17H24ClNO2. The summed E-state index contributed by atoms with van der Waals surface area (Å²) in [5.74, 6) is 1.38. The Morgan fingerprint density at radius 2 is 1.71 bits per heavy atom. The number of hydrogen-bond donors (Lipinski definition) is 0. The van der Waals surface area contributed by atoms with E-state index < -0.39 is 5.79 Å². The van der Waals surface area contributed by atoms with Gasteiger partial charge in [-0.1, -0.05) is 17.7 Å². The Hall–Kier alpha value is -0.930. The first-order chi connectivity index (χ1) is 9.90. The van der Waals surface area contributed by atoms with Crippen molar-refractivity contribution in [2.45, 2.75) is 51.4 Å². The highest BCUT2D eigenvalue weighted by Gasteiger charge is 2.46. The molecular weight excluding hydrogens is 286 g/mol. The van der Waals surface area contributed by atoms with Crippen molar-refractivity contribution in [2.75, 3.05) is 14.1 Å². The first-order valence-electron chi connectivity index (χ1n) is 7.74. The Kier molecular flexibility index (Phi) is 3.83. The molecule has 0 amide bonds. The van der Waals surface area contributed by atoms with Crippen molar-refractivity contribution in [3.8, 4) is 11.5 Å². The van der Waals surface area contributed by atoms with Gasteiger partial charge in [-0.15, -0.1) is 0 Å². The van der Waals surface area contributed by atoms with E-state index in [4.69, 9.17) is 21.1 Å². The van der Waals surface area contributed by atoms with Gasteiger partial charge < -0.3 is 14.4 Å². The lowest BCUT2D eigenvalue weighted by Crippen LogP contribution is -2.46. The third-order valence-electron chi connectivity index (χ3n) is 5.04. The van der Waals surface area contributed by atoms with Crippen molar-refractivity contribution in [3.05, 3.63) is 22.7 Å². The van der Waals surface area contributed by atoms with Crippen molar-refractivity contribution in [3.63, 3.8) is 0 Å². The van der Waals surface area contributed by atoms with Crippen molar-refractivity contribution in [1.82, 2.24) is 4.90 Å². The molecule has 1 saturated carbocycles. The minimum Gasteiger partial charge on any atom is -0.448 e. The normalized spacial score (nSPS) is 31.7. The number of aryl methyl sites for hydroxylation is 1. The summed E-state index contributed by atoms with van der Waals surface area (Å²) >= 11 is 6.26. The molecule has 0 aromatic heterocycles. The van der Waals surface area contributed by atoms with Crippen LogP contribution in [0.15, 0.2) is 12.1 Å². The fourth-order valence-corrected chi connectivity index (χ4v) is 3.76. The maximum absolute atomic E-state index is 6.26. The molecule has 1 fully saturated rings. The number of rotatable bonds is 2. The number of ether oxygens (including phenoxy) is 2. The summed E-state index contributed by atoms with van der Waals surface area (Å²) in [4.78, 5) is 2.32. The van der Waals surface area contributed by atoms with Gasteiger partial charge >= 0.3 is 0 Å². The van der Waals surface area contributed by atoms with Crippen LogP contribution in [0.5, 0.6) is 11.5 Å². The highest BCUT2D eigenvalue weighted by molar-refractivity contribution is 6.32. The van der Waals surface area contributed by atoms with Gasteiger partial charge in [0.05, 0.1) is 5.02 Å². The van der Waals surface area contributed by atoms with Crippen LogP contribution in [0.3, 0.4) is 0 Å². The fourth-order valence-electron chi connectivity index (χ4n) is 3.57. The van der Waals surface area contributed by atoms with Crippen LogP contribution >= 0.6 is 11.6 Å². The van der Waals surface area contributed by atoms with E-state index >= 15 is 0 Å². The molecule has 0 bridgehead atoms. The van der Waals surface area contributed by atoms with Crippen LogP contribution in [0.4, 0.5) is 0 Å². The maximum atomic E-state index is 6.26. The van der Waals surface area contributed by atoms with Gasteiger partial charge in [-0.05, 0) is 58.3 Å². The van der Waals surface area contributed by atoms with Gasteiger partial charge in [0, 0.05) is 18.9 Å². The van der Waals surface area contributed by atoms with E-state index in [1.807, 2.05) is 19.1 Å². The molecule has 1 aliphatic heterocycles. The monoisotopic (exact) mass is 309 g/mol. The molecule has 21 heavy (non-hydrogen) atoms. The zero-order chi connectivity index (χ0) is 15.2. The van der Waals surface area contributed by atoms with Crippen LogP contribution in [0.1, 0.15) is 38.2 Å². The van der Waals surface area contributed by atoms with Crippen LogP contribution in [-0.4, -0.2) is 30.8 Å². The second kappa shape index (κ2) is 5.36. The Morgan fingerprint density at radius 1 is 1.10 bits per heavy atom. The van der Waals surface area contributed by atoms with E-state index in [0.29, 0.717) is 22.7 Å². The molecule has 0 saturated heterocycles. The molecule has 0 radical (unpaired) electrons. The number of hydrogen-bond acceptors (Lipinski definition) is 3. The van der Waals surface area contributed by atoms with E-state index in [-0.39, 0.29) is 0 Å². The van der Waals surface area contributed by atoms with Crippen LogP contribution in [-0.2, 0) is 0 Å². The number of nitrogens with zero attached hydrogens (tertiary/aromatic N) is 1. The predicted molar refractivity (Wildman–Crippen MR) is 85.3 cm³/mol. The quantitative estimate of drug-likeness (QED) is 0.815. The lowest BCUT2D eigenvalue weighted by molar-refractivity contribution is -0.123. The minimum atomic E-state index is -0.574. The Labute approximate surface area is 132 Å². The van der Waals surface area contributed by atoms with Crippen LogP contribution in [0, 0.1) is 12.8 Å². The van der Waals surface area contributed by atoms with Gasteiger partial charge in [0.25, 0.3) is 5.79 Å². The van der Waals surface area contributed by atoms with Gasteiger partial charge in [-0.2, -0.15) is 0 Å². The van der Waals surface area contributed by atoms with Crippen LogP contribution in [0.25, 0.3) is 0 Å². The first-order valence-corrected chi connectivity index (χ1v) is 8.12. The maximum Gasteiger partial charge on any atom is 0.251 e. The number of fused-ring (bicyclic) bond motifs is 1. The number of halogens is 1. The summed E-state index contributed by atoms with van der Waals surface area (Å²) in [7, 11) is 4.32. The SMILES string of the molecule is Cc1ccc(Cl)c2c1OC(C)(C1CCC(N(C)C)CC1)O2. The highest BCUT2D eigenvalue weighted by atomic mass is 35.5. The molecule has 1 unspecified atom stereocenters. The highest BCUT2D eigenvalue weighted by Crippen LogP contribution is 2.50. The first kappa shape index (κ1) is 15.0. The van der Waals surface area contributed by atoms with Gasteiger partial charge in [0.2, 0.25) is 0 Å². The van der Waals surface area contributed by atoms with Gasteiger partial charge in [0.15, 0.2) is 11.5 Å². The zero-order valence-electron chi connectivity index (χ0n) is 13.3. The Bertz CT molecular complexity index is 505. The van der Waals surface area contributed by atoms with Crippen molar-refractivity contribution in [2.24, 2.45) is 5.92 Å². The summed E-state index contributed by atoms with van der Waals surface area (Å²) in [6.07, 6.45) is 4.65. The van der Waals surface area contributed by atoms with E-state index in [1.165, 1.54) is 12.8 Å². The second-order valence-electron chi connectivity index (χ2n) is 6.71. The van der Waals surface area contributed by atoms with Crippen molar-refractivity contribution in [1.29, 1.82) is 0 Å². The summed E-state index contributed by atoms with van der Waals surface area (Å²) in [5.41, 5.74) is 1.08. The van der Waals surface area contributed by atoms with Crippen LogP contribution in [0.2, 0.25) is 5.02 Å². The largest absolute Gasteiger partial charge is 0.448 e. The lowest BCUT2D eigenvalue weighted by atomic mass is 9.81. The molecule has 116 valence electrons. The predicted octanol–water partition coefficient (Wildman–Crippen LogP) is 4.26. The minimum absolute atomic E-state index is 0.413. The van der Waals surface area contributed by atoms with Gasteiger partial charge in [-0.3, -0.25) is 0 Å². The Morgan fingerprint density at radius 3 is 2.29 bits per heavy atom. The fraction of sp³-hybridized carbons (Fsp3) is 0.647. The molecule has 1 aliphatic carbocycles. The van der Waals surface area contributed by atoms with E-state index in [0.717, 1.165) is 24.2 Å². The van der Waals surface area contributed by atoms with E-state index in [1.54, 1.807) is 0 Å². The molecule has 3 nitrogen and oxygen atoms in total. The third-order valence-corrected chi connectivity index (χ3v) is 5.34. The third kappa shape index (κ3) is 2.62. The Balaban J connectivity index is 1.76. The molecule has 0 N–H and O–H groups in total. The van der Waals surface area contributed by atoms with Gasteiger partial charge in [-0.25, -0.2) is 0 Å². The van der Waals surface area contributed by atoms with Crippen molar-refractivity contribution >= 4 is 11.6 Å². The summed E-state index contributed by atoms with van der Waals surface area (Å²) < 4.78 is 12.4. The van der Waals surface area contributed by atoms with E-state index in [2.05, 4.69) is 25.9 Å². The molecule has 1 aromatic rings. The summed E-state index contributed by atoms with van der Waals surface area (Å²) in [6, 6.07) is 4.55. The van der Waals surface area contributed by atoms with Crippen molar-refractivity contribution < 1.29 is 9.47 Å². The average Bonchev–Trinajstić information content (AvgIpc) is 2.84. The van der Waals surface area contributed by atoms with Gasteiger partial charge in [0.1, 0.15) is 0 Å². The van der Waals surface area contributed by atoms with Crippen LogP contribution < -0.4 is 9.47 Å². The molecule has 0 spiro atoms. The molecule has 4 heteroatoms. The smallest absolute Gasteiger partial charge is 0.251 e. The summed E-state index contributed by atoms with van der Waals surface area (Å²) in [6.45, 7) is 4.09. The molecule has 1 atom stereocenters. The zero-order valence-corrected chi connectivity index (χ0v) is 14.0.